The van der Waals surface area contributed by atoms with E-state index in [-0.39, 0.29) is 29.1 Å². The van der Waals surface area contributed by atoms with E-state index in [1.165, 1.54) is 4.90 Å². The molecule has 0 amide bonds. The fourth-order valence-electron chi connectivity index (χ4n) is 6.08. The number of thioether (sulfide) groups is 1. The minimum Gasteiger partial charge on any atom is -0.481 e. The molecule has 0 bridgehead atoms. The van der Waals surface area contributed by atoms with Crippen LogP contribution in [-0.2, 0) is 4.79 Å². The topological polar surface area (TPSA) is 57.5 Å². The zero-order chi connectivity index (χ0) is 22.1. The van der Waals surface area contributed by atoms with Crippen molar-refractivity contribution in [3.8, 4) is 0 Å². The molecule has 30 heavy (non-hydrogen) atoms. The first-order valence-electron chi connectivity index (χ1n) is 11.0. The Morgan fingerprint density at radius 2 is 1.87 bits per heavy atom. The summed E-state index contributed by atoms with van der Waals surface area (Å²) in [5.41, 5.74) is 0.0409. The number of aliphatic carboxylic acids is 1. The van der Waals surface area contributed by atoms with Crippen LogP contribution in [0.4, 0.5) is 0 Å². The first-order chi connectivity index (χ1) is 14.2. The summed E-state index contributed by atoms with van der Waals surface area (Å²) in [6, 6.07) is 10.3. The second-order valence-electron chi connectivity index (χ2n) is 9.78. The first kappa shape index (κ1) is 23.1. The van der Waals surface area contributed by atoms with Crippen LogP contribution in [0.3, 0.4) is 0 Å². The Labute approximate surface area is 185 Å². The van der Waals surface area contributed by atoms with E-state index in [9.17, 15) is 15.0 Å². The van der Waals surface area contributed by atoms with Gasteiger partial charge >= 0.3 is 5.97 Å². The molecule has 0 heterocycles. The predicted molar refractivity (Wildman–Crippen MR) is 124 cm³/mol. The van der Waals surface area contributed by atoms with Crippen molar-refractivity contribution in [2.75, 3.05) is 5.75 Å². The van der Waals surface area contributed by atoms with E-state index in [0.29, 0.717) is 6.42 Å². The molecular weight excluding hydrogens is 392 g/mol. The van der Waals surface area contributed by atoms with E-state index in [0.717, 1.165) is 17.7 Å². The molecule has 2 fully saturated rings. The zero-order valence-electron chi connectivity index (χ0n) is 18.8. The Kier molecular flexibility index (Phi) is 6.88. The van der Waals surface area contributed by atoms with Crippen molar-refractivity contribution in [2.45, 2.75) is 58.5 Å². The van der Waals surface area contributed by atoms with Crippen molar-refractivity contribution in [1.29, 1.82) is 0 Å². The molecule has 0 saturated heterocycles. The smallest absolute Gasteiger partial charge is 0.311 e. The van der Waals surface area contributed by atoms with Crippen LogP contribution in [0, 0.1) is 34.5 Å². The number of carboxylic acid groups (broad SMARTS) is 1. The van der Waals surface area contributed by atoms with Gasteiger partial charge in [0.05, 0.1) is 11.5 Å². The molecule has 6 atom stereocenters. The average Bonchev–Trinajstić information content (AvgIpc) is 3.00. The van der Waals surface area contributed by atoms with Gasteiger partial charge in [-0.25, -0.2) is 0 Å². The maximum atomic E-state index is 12.8. The lowest BCUT2D eigenvalue weighted by Crippen LogP contribution is -2.35. The van der Waals surface area contributed by atoms with E-state index in [4.69, 9.17) is 0 Å². The van der Waals surface area contributed by atoms with Gasteiger partial charge in [0.15, 0.2) is 0 Å². The average molecular weight is 429 g/mol. The molecule has 0 radical (unpaired) electrons. The highest BCUT2D eigenvalue weighted by molar-refractivity contribution is 7.99. The van der Waals surface area contributed by atoms with E-state index >= 15 is 0 Å². The molecule has 0 spiro atoms. The molecule has 2 aliphatic rings. The summed E-state index contributed by atoms with van der Waals surface area (Å²) < 4.78 is 0. The van der Waals surface area contributed by atoms with Crippen molar-refractivity contribution in [2.24, 2.45) is 34.5 Å². The van der Waals surface area contributed by atoms with Crippen LogP contribution in [0.2, 0.25) is 0 Å². The quantitative estimate of drug-likeness (QED) is 0.391. The summed E-state index contributed by atoms with van der Waals surface area (Å²) in [6.45, 7) is 10.3. The van der Waals surface area contributed by atoms with Gasteiger partial charge in [0, 0.05) is 16.6 Å². The lowest BCUT2D eigenvalue weighted by Gasteiger charge is -2.31. The number of aliphatic hydroxyl groups is 1. The molecule has 4 heteroatoms. The minimum absolute atomic E-state index is 0.00870. The SMILES string of the molecule is CC=CC[C@@H]1[C@@H](CSc2ccccc2)[C@H]([C@]2(C(=O)O)[C@H](C=C(C)C)C2(C)C)C[C@@H]1O. The highest BCUT2D eigenvalue weighted by Crippen LogP contribution is 2.76. The van der Waals surface area contributed by atoms with Crippen LogP contribution in [0.1, 0.15) is 47.5 Å². The molecule has 0 aliphatic heterocycles. The van der Waals surface area contributed by atoms with Gasteiger partial charge in [-0.1, -0.05) is 55.8 Å². The van der Waals surface area contributed by atoms with Crippen molar-refractivity contribution in [1.82, 2.24) is 0 Å². The number of allylic oxidation sites excluding steroid dienone is 4. The summed E-state index contributed by atoms with van der Waals surface area (Å²) in [7, 11) is 0. The minimum atomic E-state index is -0.808. The summed E-state index contributed by atoms with van der Waals surface area (Å²) >= 11 is 1.79. The monoisotopic (exact) mass is 428 g/mol. The zero-order valence-corrected chi connectivity index (χ0v) is 19.7. The van der Waals surface area contributed by atoms with Crippen LogP contribution in [0.15, 0.2) is 59.0 Å². The lowest BCUT2D eigenvalue weighted by atomic mass is 9.74. The predicted octanol–water partition coefficient (Wildman–Crippen LogP) is 6.05. The van der Waals surface area contributed by atoms with Gasteiger partial charge in [0.25, 0.3) is 0 Å². The largest absolute Gasteiger partial charge is 0.481 e. The van der Waals surface area contributed by atoms with Crippen LogP contribution in [0.5, 0.6) is 0 Å². The number of carboxylic acids is 1. The van der Waals surface area contributed by atoms with Crippen LogP contribution >= 0.6 is 11.8 Å². The van der Waals surface area contributed by atoms with Gasteiger partial charge < -0.3 is 10.2 Å². The molecule has 1 aromatic carbocycles. The van der Waals surface area contributed by atoms with Crippen LogP contribution in [0.25, 0.3) is 0 Å². The first-order valence-corrected chi connectivity index (χ1v) is 12.0. The molecule has 2 aliphatic carbocycles. The third-order valence-electron chi connectivity index (χ3n) is 7.58. The van der Waals surface area contributed by atoms with Gasteiger partial charge in [0.2, 0.25) is 0 Å². The second-order valence-corrected chi connectivity index (χ2v) is 10.9. The molecule has 3 rings (SSSR count). The summed E-state index contributed by atoms with van der Waals surface area (Å²) in [5, 5.41) is 21.5. The van der Waals surface area contributed by atoms with Gasteiger partial charge in [-0.3, -0.25) is 4.79 Å². The van der Waals surface area contributed by atoms with Gasteiger partial charge in [-0.2, -0.15) is 0 Å². The number of benzene rings is 1. The number of hydrogen-bond donors (Lipinski definition) is 2. The Morgan fingerprint density at radius 1 is 1.20 bits per heavy atom. The van der Waals surface area contributed by atoms with Crippen LogP contribution in [-0.4, -0.2) is 28.0 Å². The molecule has 2 N–H and O–H groups in total. The van der Waals surface area contributed by atoms with E-state index in [1.807, 2.05) is 45.0 Å². The molecule has 0 unspecified atom stereocenters. The molecule has 0 aromatic heterocycles. The third kappa shape index (κ3) is 3.89. The second kappa shape index (κ2) is 8.92. The highest BCUT2D eigenvalue weighted by Gasteiger charge is 2.79. The van der Waals surface area contributed by atoms with Crippen molar-refractivity contribution in [3.05, 3.63) is 54.1 Å². The number of rotatable bonds is 8. The fraction of sp³-hybridized carbons (Fsp3) is 0.577. The Morgan fingerprint density at radius 3 is 2.43 bits per heavy atom. The van der Waals surface area contributed by atoms with Crippen molar-refractivity contribution >= 4 is 17.7 Å². The van der Waals surface area contributed by atoms with Gasteiger partial charge in [-0.05, 0) is 68.9 Å². The summed E-state index contributed by atoms with van der Waals surface area (Å²) in [5.74, 6) is 0.366. The third-order valence-corrected chi connectivity index (χ3v) is 8.73. The molecule has 164 valence electrons. The molecule has 1 aromatic rings. The molecule has 2 saturated carbocycles. The Bertz CT molecular complexity index is 809. The van der Waals surface area contributed by atoms with Gasteiger partial charge in [0.1, 0.15) is 0 Å². The maximum Gasteiger partial charge on any atom is 0.311 e. The van der Waals surface area contributed by atoms with E-state index in [2.05, 4.69) is 38.1 Å². The maximum absolute atomic E-state index is 12.8. The van der Waals surface area contributed by atoms with Crippen molar-refractivity contribution in [3.63, 3.8) is 0 Å². The summed E-state index contributed by atoms with van der Waals surface area (Å²) in [6.07, 6.45) is 7.23. The number of carbonyl (C=O) groups is 1. The number of aliphatic hydroxyl groups excluding tert-OH is 1. The van der Waals surface area contributed by atoms with E-state index in [1.54, 1.807) is 11.8 Å². The molecule has 3 nitrogen and oxygen atoms in total. The lowest BCUT2D eigenvalue weighted by molar-refractivity contribution is -0.148. The van der Waals surface area contributed by atoms with Gasteiger partial charge in [-0.15, -0.1) is 11.8 Å². The highest BCUT2D eigenvalue weighted by atomic mass is 32.2. The summed E-state index contributed by atoms with van der Waals surface area (Å²) in [4.78, 5) is 14.0. The normalized spacial score (nSPS) is 34.8. The van der Waals surface area contributed by atoms with E-state index < -0.39 is 17.5 Å². The van der Waals surface area contributed by atoms with Crippen molar-refractivity contribution < 1.29 is 15.0 Å². The fourth-order valence-corrected chi connectivity index (χ4v) is 7.29. The number of hydrogen-bond acceptors (Lipinski definition) is 3. The molecular formula is C26H36O3S. The van der Waals surface area contributed by atoms with Crippen LogP contribution < -0.4 is 0 Å². The Balaban J connectivity index is 1.97. The standard InChI is InChI=1S/C26H36O3S/c1-6-7-13-19-20(16-30-18-11-9-8-10-12-18)21(15-22(19)27)26(24(28)29)23(14-17(2)3)25(26,4)5/h6-12,14,19-23,27H,13,15-16H2,1-5H3,(H,28,29)/t19-,20-,21-,22+,23-,26-/m1/s1. The Hall–Kier alpha value is -1.52.